The molecule has 138 valence electrons. The Bertz CT molecular complexity index is 743. The van der Waals surface area contributed by atoms with Crippen molar-refractivity contribution < 1.29 is 14.3 Å². The maximum Gasteiger partial charge on any atom is 0.237 e. The summed E-state index contributed by atoms with van der Waals surface area (Å²) in [7, 11) is 1.62. The molecule has 0 aliphatic heterocycles. The molecule has 2 aromatic carbocycles. The Morgan fingerprint density at radius 3 is 1.81 bits per heavy atom. The minimum absolute atomic E-state index is 0.0358. The van der Waals surface area contributed by atoms with Crippen LogP contribution in [0.1, 0.15) is 20.8 Å². The first-order valence-electron chi connectivity index (χ1n) is 8.41. The van der Waals surface area contributed by atoms with Gasteiger partial charge in [-0.1, -0.05) is 13.8 Å². The monoisotopic (exact) mass is 372 g/mol. The van der Waals surface area contributed by atoms with Gasteiger partial charge in [-0.15, -0.1) is 11.8 Å². The van der Waals surface area contributed by atoms with E-state index in [4.69, 9.17) is 4.74 Å². The molecule has 2 aromatic rings. The molecule has 0 spiro atoms. The predicted molar refractivity (Wildman–Crippen MR) is 107 cm³/mol. The number of benzene rings is 2. The fourth-order valence-corrected chi connectivity index (χ4v) is 2.95. The number of methoxy groups -OCH3 is 1. The summed E-state index contributed by atoms with van der Waals surface area (Å²) in [6.45, 7) is 5.54. The third-order valence-corrected chi connectivity index (χ3v) is 4.80. The second-order valence-corrected chi connectivity index (χ2v) is 7.56. The van der Waals surface area contributed by atoms with E-state index >= 15 is 0 Å². The van der Waals surface area contributed by atoms with Gasteiger partial charge in [0, 0.05) is 22.2 Å². The first kappa shape index (κ1) is 19.8. The van der Waals surface area contributed by atoms with Crippen LogP contribution >= 0.6 is 11.8 Å². The van der Waals surface area contributed by atoms with Crippen molar-refractivity contribution in [3.63, 3.8) is 0 Å². The zero-order chi connectivity index (χ0) is 19.1. The fourth-order valence-electron chi connectivity index (χ4n) is 2.08. The lowest BCUT2D eigenvalue weighted by Gasteiger charge is -2.13. The highest BCUT2D eigenvalue weighted by atomic mass is 32.2. The Balaban J connectivity index is 1.90. The highest BCUT2D eigenvalue weighted by Gasteiger charge is 2.15. The molecule has 0 heterocycles. The van der Waals surface area contributed by atoms with Crippen LogP contribution in [0.3, 0.4) is 0 Å². The lowest BCUT2D eigenvalue weighted by atomic mass is 10.2. The predicted octanol–water partition coefficient (Wildman–Crippen LogP) is 4.41. The number of hydrogen-bond acceptors (Lipinski definition) is 4. The number of hydrogen-bond donors (Lipinski definition) is 2. The fraction of sp³-hybridized carbons (Fsp3) is 0.300. The lowest BCUT2D eigenvalue weighted by Crippen LogP contribution is -2.22. The molecule has 1 unspecified atom stereocenters. The normalized spacial score (nSPS) is 11.7. The molecule has 0 aliphatic rings. The summed E-state index contributed by atoms with van der Waals surface area (Å²) in [5.74, 6) is 0.595. The van der Waals surface area contributed by atoms with Gasteiger partial charge in [0.15, 0.2) is 0 Å². The number of amides is 2. The van der Waals surface area contributed by atoms with Crippen LogP contribution in [0.15, 0.2) is 53.4 Å². The molecule has 2 amide bonds. The van der Waals surface area contributed by atoms with Crippen LogP contribution in [0.5, 0.6) is 5.75 Å². The zero-order valence-corrected chi connectivity index (χ0v) is 16.2. The summed E-state index contributed by atoms with van der Waals surface area (Å²) >= 11 is 1.48. The average molecular weight is 372 g/mol. The maximum absolute atomic E-state index is 12.4. The van der Waals surface area contributed by atoms with E-state index in [1.165, 1.54) is 11.8 Å². The van der Waals surface area contributed by atoms with Crippen molar-refractivity contribution in [2.24, 2.45) is 5.92 Å². The van der Waals surface area contributed by atoms with Crippen molar-refractivity contribution in [2.45, 2.75) is 30.9 Å². The number of thioether (sulfide) groups is 1. The van der Waals surface area contributed by atoms with Gasteiger partial charge in [-0.2, -0.15) is 0 Å². The molecule has 2 N–H and O–H groups in total. The Kier molecular flexibility index (Phi) is 7.09. The largest absolute Gasteiger partial charge is 0.497 e. The van der Waals surface area contributed by atoms with Gasteiger partial charge in [0.1, 0.15) is 5.75 Å². The summed E-state index contributed by atoms with van der Waals surface area (Å²) in [4.78, 5) is 25.1. The quantitative estimate of drug-likeness (QED) is 0.707. The van der Waals surface area contributed by atoms with Crippen LogP contribution in [0.2, 0.25) is 0 Å². The number of anilines is 2. The molecule has 1 atom stereocenters. The molecular weight excluding hydrogens is 348 g/mol. The minimum atomic E-state index is -0.247. The molecule has 0 aliphatic carbocycles. The molecule has 0 saturated carbocycles. The zero-order valence-electron chi connectivity index (χ0n) is 15.4. The van der Waals surface area contributed by atoms with Gasteiger partial charge in [-0.25, -0.2) is 0 Å². The Morgan fingerprint density at radius 1 is 0.846 bits per heavy atom. The minimum Gasteiger partial charge on any atom is -0.497 e. The topological polar surface area (TPSA) is 67.4 Å². The van der Waals surface area contributed by atoms with Gasteiger partial charge in [-0.05, 0) is 55.5 Å². The summed E-state index contributed by atoms with van der Waals surface area (Å²) < 4.78 is 5.13. The number of rotatable bonds is 7. The molecule has 2 rings (SSSR count). The average Bonchev–Trinajstić information content (AvgIpc) is 2.63. The van der Waals surface area contributed by atoms with Crippen molar-refractivity contribution in [3.8, 4) is 5.75 Å². The summed E-state index contributed by atoms with van der Waals surface area (Å²) in [5.41, 5.74) is 1.40. The first-order chi connectivity index (χ1) is 12.4. The van der Waals surface area contributed by atoms with Gasteiger partial charge in [-0.3, -0.25) is 9.59 Å². The summed E-state index contributed by atoms with van der Waals surface area (Å²) in [6, 6.07) is 14.7. The molecule has 0 saturated heterocycles. The van der Waals surface area contributed by atoms with E-state index in [0.29, 0.717) is 11.4 Å². The van der Waals surface area contributed by atoms with E-state index in [1.54, 1.807) is 31.4 Å². The molecule has 5 nitrogen and oxygen atoms in total. The van der Waals surface area contributed by atoms with Crippen LogP contribution < -0.4 is 15.4 Å². The summed E-state index contributed by atoms with van der Waals surface area (Å²) in [6.07, 6.45) is 0. The van der Waals surface area contributed by atoms with Gasteiger partial charge >= 0.3 is 0 Å². The molecule has 0 fully saturated rings. The number of carbonyl (C=O) groups excluding carboxylic acids is 2. The van der Waals surface area contributed by atoms with Crippen molar-refractivity contribution in [2.75, 3.05) is 17.7 Å². The van der Waals surface area contributed by atoms with Crippen molar-refractivity contribution in [1.82, 2.24) is 0 Å². The molecule has 0 aromatic heterocycles. The second kappa shape index (κ2) is 9.29. The number of ether oxygens (including phenoxy) is 1. The standard InChI is InChI=1S/C20H24N2O3S/c1-13(2)19(23)21-15-5-7-16(8-6-15)22-20(24)14(3)26-18-11-9-17(25-4)10-12-18/h5-14H,1-4H3,(H,21,23)(H,22,24). The van der Waals surface area contributed by atoms with Crippen molar-refractivity contribution >= 4 is 35.0 Å². The molecule has 6 heteroatoms. The van der Waals surface area contributed by atoms with Crippen LogP contribution in [-0.4, -0.2) is 24.2 Å². The molecule has 0 bridgehead atoms. The maximum atomic E-state index is 12.4. The summed E-state index contributed by atoms with van der Waals surface area (Å²) in [5, 5.41) is 5.46. The van der Waals surface area contributed by atoms with Crippen LogP contribution in [0.4, 0.5) is 11.4 Å². The SMILES string of the molecule is COc1ccc(SC(C)C(=O)Nc2ccc(NC(=O)C(C)C)cc2)cc1. The van der Waals surface area contributed by atoms with E-state index in [-0.39, 0.29) is 23.0 Å². The van der Waals surface area contributed by atoms with Gasteiger partial charge in [0.2, 0.25) is 11.8 Å². The smallest absolute Gasteiger partial charge is 0.237 e. The lowest BCUT2D eigenvalue weighted by molar-refractivity contribution is -0.119. The molecule has 0 radical (unpaired) electrons. The first-order valence-corrected chi connectivity index (χ1v) is 9.29. The molecular formula is C20H24N2O3S. The van der Waals surface area contributed by atoms with Crippen LogP contribution in [0.25, 0.3) is 0 Å². The van der Waals surface area contributed by atoms with Gasteiger partial charge in [0.05, 0.1) is 12.4 Å². The van der Waals surface area contributed by atoms with E-state index in [2.05, 4.69) is 10.6 Å². The van der Waals surface area contributed by atoms with E-state index in [0.717, 1.165) is 10.6 Å². The third kappa shape index (κ3) is 5.81. The second-order valence-electron chi connectivity index (χ2n) is 6.15. The van der Waals surface area contributed by atoms with Crippen LogP contribution in [-0.2, 0) is 9.59 Å². The van der Waals surface area contributed by atoms with E-state index in [9.17, 15) is 9.59 Å². The highest BCUT2D eigenvalue weighted by Crippen LogP contribution is 2.26. The van der Waals surface area contributed by atoms with Crippen LogP contribution in [0, 0.1) is 5.92 Å². The molecule has 26 heavy (non-hydrogen) atoms. The van der Waals surface area contributed by atoms with Crippen molar-refractivity contribution in [3.05, 3.63) is 48.5 Å². The van der Waals surface area contributed by atoms with Gasteiger partial charge in [0.25, 0.3) is 0 Å². The Morgan fingerprint density at radius 2 is 1.35 bits per heavy atom. The Labute approximate surface area is 158 Å². The number of nitrogens with one attached hydrogen (secondary N) is 2. The highest BCUT2D eigenvalue weighted by molar-refractivity contribution is 8.00. The third-order valence-electron chi connectivity index (χ3n) is 3.69. The number of carbonyl (C=O) groups is 2. The Hall–Kier alpha value is -2.47. The van der Waals surface area contributed by atoms with E-state index < -0.39 is 0 Å². The van der Waals surface area contributed by atoms with Gasteiger partial charge < -0.3 is 15.4 Å². The van der Waals surface area contributed by atoms with E-state index in [1.807, 2.05) is 45.0 Å². The van der Waals surface area contributed by atoms with Crippen molar-refractivity contribution in [1.29, 1.82) is 0 Å².